The minimum Gasteiger partial charge on any atom is -0.309 e. The van der Waals surface area contributed by atoms with Crippen LogP contribution in [0, 0.1) is 6.92 Å². The second-order valence-electron chi connectivity index (χ2n) is 16.1. The highest BCUT2D eigenvalue weighted by atomic mass is 15.0. The van der Waals surface area contributed by atoms with E-state index in [0.29, 0.717) is 17.5 Å². The number of hydrogen-bond donors (Lipinski definition) is 0. The number of nitrogens with zero attached hydrogens (tertiary/aromatic N) is 5. The van der Waals surface area contributed by atoms with Crippen molar-refractivity contribution < 1.29 is 0 Å². The van der Waals surface area contributed by atoms with E-state index >= 15 is 0 Å². The molecule has 0 saturated carbocycles. The van der Waals surface area contributed by atoms with Crippen molar-refractivity contribution >= 4 is 43.6 Å². The lowest BCUT2D eigenvalue weighted by Gasteiger charge is -2.17. The fourth-order valence-corrected chi connectivity index (χ4v) is 9.30. The number of para-hydroxylation sites is 3. The Labute approximate surface area is 364 Å². The van der Waals surface area contributed by atoms with Gasteiger partial charge in [0.1, 0.15) is 0 Å². The maximum absolute atomic E-state index is 5.17. The number of hydrogen-bond acceptors (Lipinski definition) is 3. The van der Waals surface area contributed by atoms with Gasteiger partial charge in [-0.25, -0.2) is 15.0 Å². The first-order valence-corrected chi connectivity index (χ1v) is 21.4. The zero-order valence-corrected chi connectivity index (χ0v) is 34.5. The van der Waals surface area contributed by atoms with Crippen LogP contribution in [0.1, 0.15) is 5.56 Å². The third-order valence-corrected chi connectivity index (χ3v) is 12.3. The van der Waals surface area contributed by atoms with Crippen LogP contribution in [0.15, 0.2) is 218 Å². The van der Waals surface area contributed by atoms with Crippen molar-refractivity contribution in [3.05, 3.63) is 224 Å². The monoisotopic (exact) mass is 805 g/mol. The average Bonchev–Trinajstić information content (AvgIpc) is 3.86. The van der Waals surface area contributed by atoms with Gasteiger partial charge >= 0.3 is 0 Å². The first-order chi connectivity index (χ1) is 31.2. The minimum atomic E-state index is 0.613. The number of benzene rings is 9. The predicted molar refractivity (Wildman–Crippen MR) is 260 cm³/mol. The summed E-state index contributed by atoms with van der Waals surface area (Å²) in [5.41, 5.74) is 15.4. The lowest BCUT2D eigenvalue weighted by Crippen LogP contribution is -2.02. The van der Waals surface area contributed by atoms with Crippen LogP contribution in [0.4, 0.5) is 0 Å². The second-order valence-corrected chi connectivity index (χ2v) is 16.1. The highest BCUT2D eigenvalue weighted by Gasteiger charge is 2.21. The zero-order valence-electron chi connectivity index (χ0n) is 34.5. The van der Waals surface area contributed by atoms with E-state index in [1.807, 2.05) is 36.4 Å². The summed E-state index contributed by atoms with van der Waals surface area (Å²) in [5, 5.41) is 4.81. The molecule has 0 unspecified atom stereocenters. The molecule has 12 aromatic rings. The molecule has 0 spiro atoms. The normalized spacial score (nSPS) is 11.6. The van der Waals surface area contributed by atoms with Gasteiger partial charge in [0.05, 0.1) is 27.8 Å². The van der Waals surface area contributed by atoms with Crippen molar-refractivity contribution in [2.75, 3.05) is 0 Å². The Balaban J connectivity index is 1.14. The summed E-state index contributed by atoms with van der Waals surface area (Å²) in [7, 11) is 0. The molecule has 0 aliphatic rings. The Kier molecular flexibility index (Phi) is 8.64. The Morgan fingerprint density at radius 1 is 0.286 bits per heavy atom. The topological polar surface area (TPSA) is 48.5 Å². The third-order valence-electron chi connectivity index (χ3n) is 12.3. The fraction of sp³-hybridized carbons (Fsp3) is 0.0172. The summed E-state index contributed by atoms with van der Waals surface area (Å²) in [6.45, 7) is 2.19. The lowest BCUT2D eigenvalue weighted by atomic mass is 9.97. The Bertz CT molecular complexity index is 3570. The highest BCUT2D eigenvalue weighted by Crippen LogP contribution is 2.42. The van der Waals surface area contributed by atoms with E-state index in [2.05, 4.69) is 198 Å². The number of aryl methyl sites for hydroxylation is 1. The summed E-state index contributed by atoms with van der Waals surface area (Å²) in [5.74, 6) is 1.88. The molecule has 0 amide bonds. The minimum absolute atomic E-state index is 0.613. The van der Waals surface area contributed by atoms with Crippen molar-refractivity contribution in [2.45, 2.75) is 6.92 Å². The number of aromatic nitrogens is 5. The largest absolute Gasteiger partial charge is 0.309 e. The molecule has 0 aliphatic carbocycles. The van der Waals surface area contributed by atoms with Crippen molar-refractivity contribution in [1.29, 1.82) is 0 Å². The molecule has 0 fully saturated rings. The van der Waals surface area contributed by atoms with Gasteiger partial charge in [-0.15, -0.1) is 0 Å². The van der Waals surface area contributed by atoms with Gasteiger partial charge in [0.25, 0.3) is 0 Å². The highest BCUT2D eigenvalue weighted by molar-refractivity contribution is 6.13. The first kappa shape index (κ1) is 36.4. The molecule has 0 aliphatic heterocycles. The molecule has 0 atom stereocenters. The van der Waals surface area contributed by atoms with Crippen LogP contribution in [-0.4, -0.2) is 24.1 Å². The average molecular weight is 806 g/mol. The number of rotatable bonds is 7. The van der Waals surface area contributed by atoms with Crippen LogP contribution < -0.4 is 0 Å². The van der Waals surface area contributed by atoms with Crippen molar-refractivity contribution in [1.82, 2.24) is 24.1 Å². The van der Waals surface area contributed by atoms with Gasteiger partial charge in [-0.05, 0) is 89.8 Å². The van der Waals surface area contributed by atoms with Crippen molar-refractivity contribution in [3.8, 4) is 67.8 Å². The molecule has 3 aromatic heterocycles. The van der Waals surface area contributed by atoms with Crippen LogP contribution in [0.5, 0.6) is 0 Å². The van der Waals surface area contributed by atoms with Crippen LogP contribution in [0.2, 0.25) is 0 Å². The molecular formula is C58H39N5. The smallest absolute Gasteiger partial charge is 0.164 e. The molecule has 3 heterocycles. The van der Waals surface area contributed by atoms with Gasteiger partial charge in [0, 0.05) is 49.5 Å². The van der Waals surface area contributed by atoms with Crippen LogP contribution in [-0.2, 0) is 0 Å². The van der Waals surface area contributed by atoms with Crippen LogP contribution in [0.3, 0.4) is 0 Å². The molecular weight excluding hydrogens is 767 g/mol. The number of fused-ring (bicyclic) bond motifs is 6. The van der Waals surface area contributed by atoms with Gasteiger partial charge in [-0.3, -0.25) is 0 Å². The molecule has 5 nitrogen and oxygen atoms in total. The van der Waals surface area contributed by atoms with E-state index in [-0.39, 0.29) is 0 Å². The first-order valence-electron chi connectivity index (χ1n) is 21.4. The van der Waals surface area contributed by atoms with E-state index < -0.39 is 0 Å². The van der Waals surface area contributed by atoms with Gasteiger partial charge in [-0.2, -0.15) is 0 Å². The van der Waals surface area contributed by atoms with Gasteiger partial charge in [0.2, 0.25) is 0 Å². The van der Waals surface area contributed by atoms with Crippen LogP contribution in [0.25, 0.3) is 111 Å². The molecule has 5 heteroatoms. The third kappa shape index (κ3) is 6.21. The second kappa shape index (κ2) is 14.9. The van der Waals surface area contributed by atoms with E-state index in [1.165, 1.54) is 49.4 Å². The zero-order chi connectivity index (χ0) is 41.9. The van der Waals surface area contributed by atoms with E-state index in [1.54, 1.807) is 0 Å². The van der Waals surface area contributed by atoms with Crippen LogP contribution >= 0.6 is 0 Å². The summed E-state index contributed by atoms with van der Waals surface area (Å²) in [6, 6.07) is 77.6. The standard InChI is InChI=1S/C58H39N5/c1-38-17-11-14-26-50(38)62-54-32-29-42(39-18-5-2-6-19-39)35-48(54)49-36-43(30-33-55(49)62)47-37-44(31-34-53(47)63-51-27-15-12-24-45(51)46-25-13-16-28-52(46)63)58-60-56(40-20-7-3-8-21-40)59-57(61-58)41-22-9-4-10-23-41/h2-37H,1H3. The molecule has 12 rings (SSSR count). The Hall–Kier alpha value is -8.41. The van der Waals surface area contributed by atoms with E-state index in [0.717, 1.165) is 50.1 Å². The van der Waals surface area contributed by atoms with E-state index in [9.17, 15) is 0 Å². The fourth-order valence-electron chi connectivity index (χ4n) is 9.30. The van der Waals surface area contributed by atoms with Crippen molar-refractivity contribution in [2.24, 2.45) is 0 Å². The maximum atomic E-state index is 5.17. The maximum Gasteiger partial charge on any atom is 0.164 e. The molecule has 0 N–H and O–H groups in total. The molecule has 63 heavy (non-hydrogen) atoms. The molecule has 0 bridgehead atoms. The lowest BCUT2D eigenvalue weighted by molar-refractivity contribution is 1.07. The van der Waals surface area contributed by atoms with Gasteiger partial charge in [-0.1, -0.05) is 158 Å². The molecule has 0 radical (unpaired) electrons. The summed E-state index contributed by atoms with van der Waals surface area (Å²) in [4.78, 5) is 15.3. The quantitative estimate of drug-likeness (QED) is 0.161. The van der Waals surface area contributed by atoms with Gasteiger partial charge < -0.3 is 9.13 Å². The Morgan fingerprint density at radius 2 is 0.714 bits per heavy atom. The predicted octanol–water partition coefficient (Wildman–Crippen LogP) is 14.7. The molecule has 9 aromatic carbocycles. The Morgan fingerprint density at radius 3 is 1.30 bits per heavy atom. The summed E-state index contributed by atoms with van der Waals surface area (Å²) in [6.07, 6.45) is 0. The van der Waals surface area contributed by atoms with Gasteiger partial charge in [0.15, 0.2) is 17.5 Å². The van der Waals surface area contributed by atoms with Crippen molar-refractivity contribution in [3.63, 3.8) is 0 Å². The molecule has 0 saturated heterocycles. The summed E-state index contributed by atoms with van der Waals surface area (Å²) < 4.78 is 4.83. The summed E-state index contributed by atoms with van der Waals surface area (Å²) >= 11 is 0. The van der Waals surface area contributed by atoms with E-state index in [4.69, 9.17) is 15.0 Å². The SMILES string of the molecule is Cc1ccccc1-n1c2ccc(-c3ccccc3)cc2c2cc(-c3cc(-c4nc(-c5ccccc5)nc(-c5ccccc5)n4)ccc3-n3c4ccccc4c4ccccc43)ccc21. The molecule has 296 valence electrons.